The Morgan fingerprint density at radius 2 is 2.12 bits per heavy atom. The number of anilines is 1. The molecular formula is C15H26N2. The lowest BCUT2D eigenvalue weighted by Crippen LogP contribution is -2.26. The van der Waals surface area contributed by atoms with E-state index in [4.69, 9.17) is 0 Å². The quantitative estimate of drug-likeness (QED) is 0.779. The van der Waals surface area contributed by atoms with E-state index in [1.54, 1.807) is 0 Å². The van der Waals surface area contributed by atoms with Crippen LogP contribution < -0.4 is 10.2 Å². The monoisotopic (exact) mass is 234 g/mol. The zero-order valence-corrected chi connectivity index (χ0v) is 11.7. The van der Waals surface area contributed by atoms with Crippen LogP contribution in [0.15, 0.2) is 24.3 Å². The summed E-state index contributed by atoms with van der Waals surface area (Å²) in [7, 11) is 4.23. The van der Waals surface area contributed by atoms with Crippen molar-refractivity contribution in [3.63, 3.8) is 0 Å². The fraction of sp³-hybridized carbons (Fsp3) is 0.600. The Hall–Kier alpha value is -1.02. The molecule has 0 fully saturated rings. The molecule has 0 heterocycles. The van der Waals surface area contributed by atoms with Crippen molar-refractivity contribution in [1.82, 2.24) is 5.32 Å². The minimum atomic E-state index is 0.668. The van der Waals surface area contributed by atoms with Gasteiger partial charge in [0.2, 0.25) is 0 Å². The molecule has 0 saturated carbocycles. The summed E-state index contributed by atoms with van der Waals surface area (Å²) in [4.78, 5) is 2.34. The minimum absolute atomic E-state index is 0.668. The highest BCUT2D eigenvalue weighted by Gasteiger charge is 2.04. The van der Waals surface area contributed by atoms with Crippen LogP contribution in [0.3, 0.4) is 0 Å². The molecule has 0 radical (unpaired) electrons. The molecule has 0 bridgehead atoms. The minimum Gasteiger partial charge on any atom is -0.375 e. The third-order valence-electron chi connectivity index (χ3n) is 3.39. The Labute approximate surface area is 106 Å². The van der Waals surface area contributed by atoms with Gasteiger partial charge in [-0.1, -0.05) is 19.1 Å². The summed E-state index contributed by atoms with van der Waals surface area (Å²) in [6, 6.07) is 9.37. The first-order valence-electron chi connectivity index (χ1n) is 6.62. The van der Waals surface area contributed by atoms with Crippen molar-refractivity contribution >= 4 is 5.69 Å². The average molecular weight is 234 g/mol. The molecule has 1 atom stereocenters. The van der Waals surface area contributed by atoms with Crippen molar-refractivity contribution in [3.05, 3.63) is 29.8 Å². The average Bonchev–Trinajstić information content (AvgIpc) is 2.34. The van der Waals surface area contributed by atoms with Crippen LogP contribution in [0, 0.1) is 6.92 Å². The van der Waals surface area contributed by atoms with Gasteiger partial charge in [-0.2, -0.15) is 0 Å². The van der Waals surface area contributed by atoms with E-state index in [1.165, 1.54) is 30.5 Å². The van der Waals surface area contributed by atoms with Crippen LogP contribution in [0.5, 0.6) is 0 Å². The summed E-state index contributed by atoms with van der Waals surface area (Å²) < 4.78 is 0. The SMILES string of the molecule is CCC(CCCN(C)c1cccc(C)c1)NC. The zero-order valence-electron chi connectivity index (χ0n) is 11.7. The van der Waals surface area contributed by atoms with Gasteiger partial charge in [-0.15, -0.1) is 0 Å². The summed E-state index contributed by atoms with van der Waals surface area (Å²) >= 11 is 0. The van der Waals surface area contributed by atoms with E-state index in [0.29, 0.717) is 6.04 Å². The Morgan fingerprint density at radius 1 is 1.35 bits per heavy atom. The van der Waals surface area contributed by atoms with E-state index in [1.807, 2.05) is 0 Å². The fourth-order valence-electron chi connectivity index (χ4n) is 2.12. The second-order valence-electron chi connectivity index (χ2n) is 4.80. The first kappa shape index (κ1) is 14.0. The lowest BCUT2D eigenvalue weighted by Gasteiger charge is -2.21. The van der Waals surface area contributed by atoms with Crippen molar-refractivity contribution in [2.24, 2.45) is 0 Å². The summed E-state index contributed by atoms with van der Waals surface area (Å²) in [5.74, 6) is 0. The predicted octanol–water partition coefficient (Wildman–Crippen LogP) is 3.21. The number of rotatable bonds is 7. The van der Waals surface area contributed by atoms with Crippen molar-refractivity contribution in [1.29, 1.82) is 0 Å². The highest BCUT2D eigenvalue weighted by Crippen LogP contribution is 2.15. The van der Waals surface area contributed by atoms with Gasteiger partial charge in [-0.05, 0) is 50.9 Å². The number of aryl methyl sites for hydroxylation is 1. The molecule has 1 aromatic carbocycles. The molecule has 1 aromatic rings. The first-order chi connectivity index (χ1) is 8.17. The molecule has 0 aliphatic rings. The molecule has 0 amide bonds. The molecule has 96 valence electrons. The molecule has 1 rings (SSSR count). The van der Waals surface area contributed by atoms with Crippen molar-refractivity contribution < 1.29 is 0 Å². The van der Waals surface area contributed by atoms with E-state index in [-0.39, 0.29) is 0 Å². The number of hydrogen-bond acceptors (Lipinski definition) is 2. The second kappa shape index (κ2) is 7.33. The Morgan fingerprint density at radius 3 is 2.71 bits per heavy atom. The number of hydrogen-bond donors (Lipinski definition) is 1. The maximum atomic E-state index is 3.36. The highest BCUT2D eigenvalue weighted by molar-refractivity contribution is 5.47. The van der Waals surface area contributed by atoms with Crippen LogP contribution in [-0.4, -0.2) is 26.7 Å². The van der Waals surface area contributed by atoms with Gasteiger partial charge < -0.3 is 10.2 Å². The van der Waals surface area contributed by atoms with E-state index < -0.39 is 0 Å². The predicted molar refractivity (Wildman–Crippen MR) is 76.8 cm³/mol. The first-order valence-corrected chi connectivity index (χ1v) is 6.62. The van der Waals surface area contributed by atoms with E-state index in [9.17, 15) is 0 Å². The van der Waals surface area contributed by atoms with Crippen LogP contribution in [-0.2, 0) is 0 Å². The normalized spacial score (nSPS) is 12.5. The summed E-state index contributed by atoms with van der Waals surface area (Å²) in [5, 5.41) is 3.36. The Bertz CT molecular complexity index is 318. The van der Waals surface area contributed by atoms with Gasteiger partial charge in [0.15, 0.2) is 0 Å². The standard InChI is InChI=1S/C15H26N2/c1-5-14(16-3)9-7-11-17(4)15-10-6-8-13(2)12-15/h6,8,10,12,14,16H,5,7,9,11H2,1-4H3. The molecule has 1 unspecified atom stereocenters. The lowest BCUT2D eigenvalue weighted by molar-refractivity contribution is 0.492. The van der Waals surface area contributed by atoms with Gasteiger partial charge in [-0.25, -0.2) is 0 Å². The summed E-state index contributed by atoms with van der Waals surface area (Å²) in [5.41, 5.74) is 2.65. The third kappa shape index (κ3) is 4.78. The van der Waals surface area contributed by atoms with Crippen LogP contribution >= 0.6 is 0 Å². The van der Waals surface area contributed by atoms with E-state index in [0.717, 1.165) is 6.54 Å². The fourth-order valence-corrected chi connectivity index (χ4v) is 2.12. The van der Waals surface area contributed by atoms with Gasteiger partial charge in [-0.3, -0.25) is 0 Å². The molecular weight excluding hydrogens is 208 g/mol. The van der Waals surface area contributed by atoms with Gasteiger partial charge in [0.25, 0.3) is 0 Å². The Kier molecular flexibility index (Phi) is 6.06. The zero-order chi connectivity index (χ0) is 12.7. The molecule has 0 aliphatic carbocycles. The van der Waals surface area contributed by atoms with Crippen LogP contribution in [0.4, 0.5) is 5.69 Å². The summed E-state index contributed by atoms with van der Waals surface area (Å²) in [6.45, 7) is 5.51. The van der Waals surface area contributed by atoms with E-state index in [2.05, 4.69) is 62.4 Å². The third-order valence-corrected chi connectivity index (χ3v) is 3.39. The number of nitrogens with zero attached hydrogens (tertiary/aromatic N) is 1. The van der Waals surface area contributed by atoms with Crippen molar-refractivity contribution in [2.75, 3.05) is 25.5 Å². The molecule has 17 heavy (non-hydrogen) atoms. The number of nitrogens with one attached hydrogen (secondary N) is 1. The molecule has 0 aromatic heterocycles. The van der Waals surface area contributed by atoms with Crippen molar-refractivity contribution in [2.45, 2.75) is 39.2 Å². The molecule has 2 nitrogen and oxygen atoms in total. The van der Waals surface area contributed by atoms with Crippen LogP contribution in [0.1, 0.15) is 31.7 Å². The maximum absolute atomic E-state index is 3.36. The van der Waals surface area contributed by atoms with Gasteiger partial charge in [0.1, 0.15) is 0 Å². The van der Waals surface area contributed by atoms with E-state index >= 15 is 0 Å². The topological polar surface area (TPSA) is 15.3 Å². The molecule has 1 N–H and O–H groups in total. The summed E-state index contributed by atoms with van der Waals surface area (Å²) in [6.07, 6.45) is 3.71. The van der Waals surface area contributed by atoms with Gasteiger partial charge in [0.05, 0.1) is 0 Å². The lowest BCUT2D eigenvalue weighted by atomic mass is 10.1. The molecule has 0 spiro atoms. The van der Waals surface area contributed by atoms with Gasteiger partial charge >= 0.3 is 0 Å². The maximum Gasteiger partial charge on any atom is 0.0366 e. The highest BCUT2D eigenvalue weighted by atomic mass is 15.1. The number of benzene rings is 1. The molecule has 0 saturated heterocycles. The second-order valence-corrected chi connectivity index (χ2v) is 4.80. The largest absolute Gasteiger partial charge is 0.375 e. The van der Waals surface area contributed by atoms with Crippen LogP contribution in [0.2, 0.25) is 0 Å². The molecule has 2 heteroatoms. The van der Waals surface area contributed by atoms with Gasteiger partial charge in [0, 0.05) is 25.3 Å². The Balaban J connectivity index is 2.37. The molecule has 0 aliphatic heterocycles. The van der Waals surface area contributed by atoms with Crippen LogP contribution in [0.25, 0.3) is 0 Å². The van der Waals surface area contributed by atoms with Crippen molar-refractivity contribution in [3.8, 4) is 0 Å². The smallest absolute Gasteiger partial charge is 0.0366 e.